The zero-order valence-corrected chi connectivity index (χ0v) is 11.1. The first-order chi connectivity index (χ1) is 8.30. The lowest BCUT2D eigenvalue weighted by atomic mass is 10.2. The van der Waals surface area contributed by atoms with Crippen molar-refractivity contribution >= 4 is 21.7 Å². The van der Waals surface area contributed by atoms with Crippen LogP contribution in [0.3, 0.4) is 0 Å². The minimum atomic E-state index is -3.14. The quantitative estimate of drug-likeness (QED) is 0.647. The molecule has 2 N–H and O–H groups in total. The molecule has 1 fully saturated rings. The number of nitrogens with zero attached hydrogens (tertiary/aromatic N) is 1. The Morgan fingerprint density at radius 2 is 2.11 bits per heavy atom. The lowest BCUT2D eigenvalue weighted by Crippen LogP contribution is -2.51. The van der Waals surface area contributed by atoms with E-state index in [1.165, 1.54) is 6.92 Å². The summed E-state index contributed by atoms with van der Waals surface area (Å²) in [4.78, 5) is 23.3. The van der Waals surface area contributed by atoms with Crippen molar-refractivity contribution in [2.24, 2.45) is 0 Å². The molecule has 1 heterocycles. The van der Waals surface area contributed by atoms with Gasteiger partial charge in [0, 0.05) is 32.6 Å². The zero-order valence-electron chi connectivity index (χ0n) is 10.3. The highest BCUT2D eigenvalue weighted by Crippen LogP contribution is 2.14. The summed E-state index contributed by atoms with van der Waals surface area (Å²) >= 11 is 0. The van der Waals surface area contributed by atoms with Crippen LogP contribution in [0.2, 0.25) is 0 Å². The molecule has 104 valence electrons. The topological polar surface area (TPSA) is 104 Å². The van der Waals surface area contributed by atoms with Crippen molar-refractivity contribution in [2.45, 2.75) is 19.4 Å². The van der Waals surface area contributed by atoms with Gasteiger partial charge in [0.2, 0.25) is 5.91 Å². The third-order valence-electron chi connectivity index (χ3n) is 2.84. The molecule has 0 aliphatic carbocycles. The summed E-state index contributed by atoms with van der Waals surface area (Å²) in [5, 5.41) is 11.4. The Kier molecular flexibility index (Phi) is 5.09. The molecule has 1 rings (SSSR count). The molecular formula is C10H18N2O5S. The van der Waals surface area contributed by atoms with E-state index in [1.54, 1.807) is 0 Å². The van der Waals surface area contributed by atoms with Crippen molar-refractivity contribution < 1.29 is 23.1 Å². The Balaban J connectivity index is 2.57. The van der Waals surface area contributed by atoms with Crippen LogP contribution in [0.5, 0.6) is 0 Å². The summed E-state index contributed by atoms with van der Waals surface area (Å²) in [5.74, 6) is -1.25. The van der Waals surface area contributed by atoms with Gasteiger partial charge in [0.15, 0.2) is 9.84 Å². The molecule has 18 heavy (non-hydrogen) atoms. The van der Waals surface area contributed by atoms with E-state index in [-0.39, 0.29) is 23.8 Å². The first kappa shape index (κ1) is 14.9. The second-order valence-electron chi connectivity index (χ2n) is 4.38. The van der Waals surface area contributed by atoms with Crippen LogP contribution in [0.15, 0.2) is 0 Å². The number of amides is 1. The van der Waals surface area contributed by atoms with Crippen LogP contribution < -0.4 is 5.32 Å². The third kappa shape index (κ3) is 5.01. The minimum Gasteiger partial charge on any atom is -0.481 e. The number of nitrogens with one attached hydrogen (secondary N) is 1. The van der Waals surface area contributed by atoms with Gasteiger partial charge in [-0.15, -0.1) is 0 Å². The average Bonchev–Trinajstić information content (AvgIpc) is 2.19. The van der Waals surface area contributed by atoms with Crippen molar-refractivity contribution in [3.63, 3.8) is 0 Å². The Morgan fingerprint density at radius 3 is 2.67 bits per heavy atom. The summed E-state index contributed by atoms with van der Waals surface area (Å²) in [7, 11) is -3.14. The summed E-state index contributed by atoms with van der Waals surface area (Å²) < 4.78 is 23.0. The number of carboxylic acid groups (broad SMARTS) is 1. The smallest absolute Gasteiger partial charge is 0.304 e. The summed E-state index contributed by atoms with van der Waals surface area (Å²) in [6, 6.07) is -0.505. The van der Waals surface area contributed by atoms with Gasteiger partial charge < -0.3 is 10.4 Å². The number of sulfone groups is 1. The fourth-order valence-electron chi connectivity index (χ4n) is 1.98. The molecule has 1 atom stereocenters. The highest BCUT2D eigenvalue weighted by atomic mass is 32.2. The molecule has 7 nitrogen and oxygen atoms in total. The molecule has 0 aromatic carbocycles. The number of carbonyl (C=O) groups is 2. The van der Waals surface area contributed by atoms with Crippen LogP contribution in [0.4, 0.5) is 0 Å². The molecular weight excluding hydrogens is 260 g/mol. The molecule has 1 aliphatic heterocycles. The standard InChI is InChI=1S/C10H18N2O5S/c1-8(13)11-2-3-12-4-5-18(16,17)7-9(12)6-10(14)15/h9H,2-7H2,1H3,(H,11,13)(H,14,15). The fraction of sp³-hybridized carbons (Fsp3) is 0.800. The molecule has 0 spiro atoms. The monoisotopic (exact) mass is 278 g/mol. The molecule has 0 aromatic rings. The van der Waals surface area contributed by atoms with E-state index < -0.39 is 21.8 Å². The van der Waals surface area contributed by atoms with Crippen molar-refractivity contribution in [1.82, 2.24) is 10.2 Å². The lowest BCUT2D eigenvalue weighted by molar-refractivity contribution is -0.138. The molecule has 1 saturated heterocycles. The van der Waals surface area contributed by atoms with Crippen molar-refractivity contribution in [2.75, 3.05) is 31.1 Å². The first-order valence-corrected chi connectivity index (χ1v) is 7.53. The van der Waals surface area contributed by atoms with E-state index >= 15 is 0 Å². The summed E-state index contributed by atoms with van der Waals surface area (Å²) in [6.45, 7) is 2.58. The maximum Gasteiger partial charge on any atom is 0.304 e. The molecule has 0 bridgehead atoms. The van der Waals surface area contributed by atoms with E-state index in [1.807, 2.05) is 4.90 Å². The second kappa shape index (κ2) is 6.14. The van der Waals surface area contributed by atoms with Gasteiger partial charge in [-0.1, -0.05) is 0 Å². The maximum atomic E-state index is 11.5. The number of aliphatic carboxylic acids is 1. The third-order valence-corrected chi connectivity index (χ3v) is 4.53. The van der Waals surface area contributed by atoms with Gasteiger partial charge in [0.05, 0.1) is 17.9 Å². The van der Waals surface area contributed by atoms with Gasteiger partial charge in [0.1, 0.15) is 0 Å². The molecule has 1 amide bonds. The Labute approximate surface area is 106 Å². The average molecular weight is 278 g/mol. The number of carbonyl (C=O) groups excluding carboxylic acids is 1. The number of rotatable bonds is 5. The normalized spacial score (nSPS) is 23.5. The summed E-state index contributed by atoms with van der Waals surface area (Å²) in [5.41, 5.74) is 0. The van der Waals surface area contributed by atoms with E-state index in [4.69, 9.17) is 5.11 Å². The van der Waals surface area contributed by atoms with Crippen LogP contribution >= 0.6 is 0 Å². The predicted octanol–water partition coefficient (Wildman–Crippen LogP) is -1.30. The zero-order chi connectivity index (χ0) is 13.8. The van der Waals surface area contributed by atoms with Crippen LogP contribution in [-0.2, 0) is 19.4 Å². The molecule has 8 heteroatoms. The number of carboxylic acids is 1. The predicted molar refractivity (Wildman–Crippen MR) is 65.0 cm³/mol. The minimum absolute atomic E-state index is 0.0448. The van der Waals surface area contributed by atoms with Gasteiger partial charge >= 0.3 is 5.97 Å². The van der Waals surface area contributed by atoms with E-state index in [0.29, 0.717) is 19.6 Å². The lowest BCUT2D eigenvalue weighted by Gasteiger charge is -2.34. The molecule has 1 aliphatic rings. The van der Waals surface area contributed by atoms with E-state index in [0.717, 1.165) is 0 Å². The fourth-order valence-corrected chi connectivity index (χ4v) is 3.57. The highest BCUT2D eigenvalue weighted by molar-refractivity contribution is 7.91. The van der Waals surface area contributed by atoms with Gasteiger partial charge in [-0.25, -0.2) is 8.42 Å². The molecule has 1 unspecified atom stereocenters. The molecule has 0 saturated carbocycles. The van der Waals surface area contributed by atoms with Gasteiger partial charge in [-0.3, -0.25) is 14.5 Å². The summed E-state index contributed by atoms with van der Waals surface area (Å²) in [6.07, 6.45) is -0.195. The van der Waals surface area contributed by atoms with Crippen LogP contribution in [-0.4, -0.2) is 67.5 Å². The van der Waals surface area contributed by atoms with E-state index in [9.17, 15) is 18.0 Å². The van der Waals surface area contributed by atoms with Gasteiger partial charge in [-0.2, -0.15) is 0 Å². The van der Waals surface area contributed by atoms with Crippen LogP contribution in [0, 0.1) is 0 Å². The van der Waals surface area contributed by atoms with Gasteiger partial charge in [-0.05, 0) is 0 Å². The Bertz CT molecular complexity index is 420. The largest absolute Gasteiger partial charge is 0.481 e. The number of hydrogen-bond donors (Lipinski definition) is 2. The number of hydrogen-bond acceptors (Lipinski definition) is 5. The second-order valence-corrected chi connectivity index (χ2v) is 6.61. The van der Waals surface area contributed by atoms with Gasteiger partial charge in [0.25, 0.3) is 0 Å². The van der Waals surface area contributed by atoms with Crippen molar-refractivity contribution in [1.29, 1.82) is 0 Å². The van der Waals surface area contributed by atoms with Crippen LogP contribution in [0.25, 0.3) is 0 Å². The van der Waals surface area contributed by atoms with Crippen LogP contribution in [0.1, 0.15) is 13.3 Å². The van der Waals surface area contributed by atoms with Crippen molar-refractivity contribution in [3.8, 4) is 0 Å². The highest BCUT2D eigenvalue weighted by Gasteiger charge is 2.32. The van der Waals surface area contributed by atoms with Crippen molar-refractivity contribution in [3.05, 3.63) is 0 Å². The molecule has 0 aromatic heterocycles. The Morgan fingerprint density at radius 1 is 1.44 bits per heavy atom. The Hall–Kier alpha value is -1.15. The molecule has 0 radical (unpaired) electrons. The maximum absolute atomic E-state index is 11.5. The first-order valence-electron chi connectivity index (χ1n) is 5.71. The SMILES string of the molecule is CC(=O)NCCN1CCS(=O)(=O)CC1CC(=O)O. The van der Waals surface area contributed by atoms with E-state index in [2.05, 4.69) is 5.32 Å².